The van der Waals surface area contributed by atoms with Crippen LogP contribution >= 0.6 is 0 Å². The Morgan fingerprint density at radius 3 is 2.47 bits per heavy atom. The minimum atomic E-state index is -0.731. The van der Waals surface area contributed by atoms with Gasteiger partial charge in [0.15, 0.2) is 0 Å². The summed E-state index contributed by atoms with van der Waals surface area (Å²) in [5.41, 5.74) is 0.743. The highest BCUT2D eigenvalue weighted by Crippen LogP contribution is 2.23. The average Bonchev–Trinajstić information content (AvgIpc) is 2.28. The SMILES string of the molecule is CCOc1ccc(C(O)C(C)C#N)cc1. The van der Waals surface area contributed by atoms with Gasteiger partial charge in [0.05, 0.1) is 24.7 Å². The largest absolute Gasteiger partial charge is 0.494 e. The van der Waals surface area contributed by atoms with E-state index in [1.165, 1.54) is 0 Å². The quantitative estimate of drug-likeness (QED) is 0.820. The maximum absolute atomic E-state index is 9.75. The number of rotatable bonds is 4. The maximum atomic E-state index is 9.75. The summed E-state index contributed by atoms with van der Waals surface area (Å²) in [6, 6.07) is 9.18. The van der Waals surface area contributed by atoms with E-state index in [0.717, 1.165) is 11.3 Å². The van der Waals surface area contributed by atoms with Gasteiger partial charge in [0.1, 0.15) is 5.75 Å². The molecule has 0 aliphatic carbocycles. The van der Waals surface area contributed by atoms with Crippen molar-refractivity contribution in [3.63, 3.8) is 0 Å². The molecule has 0 heterocycles. The molecule has 0 bridgehead atoms. The summed E-state index contributed by atoms with van der Waals surface area (Å²) < 4.78 is 5.28. The first-order valence-electron chi connectivity index (χ1n) is 4.99. The molecule has 0 fully saturated rings. The number of aliphatic hydroxyl groups is 1. The molecule has 80 valence electrons. The van der Waals surface area contributed by atoms with Crippen LogP contribution in [0.3, 0.4) is 0 Å². The van der Waals surface area contributed by atoms with Crippen LogP contribution in [0.2, 0.25) is 0 Å². The van der Waals surface area contributed by atoms with E-state index >= 15 is 0 Å². The highest BCUT2D eigenvalue weighted by molar-refractivity contribution is 5.29. The first-order valence-corrected chi connectivity index (χ1v) is 4.99. The molecule has 0 saturated carbocycles. The molecule has 0 spiro atoms. The Labute approximate surface area is 89.9 Å². The Bertz CT molecular complexity index is 340. The lowest BCUT2D eigenvalue weighted by molar-refractivity contribution is 0.142. The predicted octanol–water partition coefficient (Wildman–Crippen LogP) is 2.28. The molecule has 3 nitrogen and oxygen atoms in total. The monoisotopic (exact) mass is 205 g/mol. The van der Waals surface area contributed by atoms with Crippen LogP contribution in [0.4, 0.5) is 0 Å². The number of nitrogens with zero attached hydrogens (tertiary/aromatic N) is 1. The van der Waals surface area contributed by atoms with Gasteiger partial charge < -0.3 is 9.84 Å². The molecule has 1 aromatic rings. The molecule has 1 rings (SSSR count). The molecular formula is C12H15NO2. The highest BCUT2D eigenvalue weighted by atomic mass is 16.5. The zero-order valence-electron chi connectivity index (χ0n) is 8.97. The fourth-order valence-corrected chi connectivity index (χ4v) is 1.29. The third-order valence-electron chi connectivity index (χ3n) is 2.21. The second-order valence-corrected chi connectivity index (χ2v) is 3.36. The first-order chi connectivity index (χ1) is 7.19. The van der Waals surface area contributed by atoms with Gasteiger partial charge in [-0.25, -0.2) is 0 Å². The number of hydrogen-bond donors (Lipinski definition) is 1. The van der Waals surface area contributed by atoms with Gasteiger partial charge in [-0.15, -0.1) is 0 Å². The molecule has 2 unspecified atom stereocenters. The number of benzene rings is 1. The third-order valence-corrected chi connectivity index (χ3v) is 2.21. The van der Waals surface area contributed by atoms with E-state index in [1.54, 1.807) is 31.2 Å². The molecule has 3 heteroatoms. The van der Waals surface area contributed by atoms with E-state index in [-0.39, 0.29) is 0 Å². The van der Waals surface area contributed by atoms with E-state index in [1.807, 2.05) is 13.0 Å². The second-order valence-electron chi connectivity index (χ2n) is 3.36. The van der Waals surface area contributed by atoms with E-state index in [2.05, 4.69) is 0 Å². The van der Waals surface area contributed by atoms with Crippen LogP contribution in [0.1, 0.15) is 25.5 Å². The van der Waals surface area contributed by atoms with Crippen molar-refractivity contribution >= 4 is 0 Å². The van der Waals surface area contributed by atoms with E-state index < -0.39 is 12.0 Å². The van der Waals surface area contributed by atoms with E-state index in [0.29, 0.717) is 6.61 Å². The lowest BCUT2D eigenvalue weighted by Gasteiger charge is -2.13. The Hall–Kier alpha value is -1.53. The van der Waals surface area contributed by atoms with Crippen LogP contribution in [-0.2, 0) is 0 Å². The minimum Gasteiger partial charge on any atom is -0.494 e. The number of ether oxygens (including phenoxy) is 1. The van der Waals surface area contributed by atoms with Gasteiger partial charge in [0.25, 0.3) is 0 Å². The van der Waals surface area contributed by atoms with Crippen LogP contribution < -0.4 is 4.74 Å². The van der Waals surface area contributed by atoms with E-state index in [4.69, 9.17) is 10.00 Å². The molecule has 15 heavy (non-hydrogen) atoms. The van der Waals surface area contributed by atoms with E-state index in [9.17, 15) is 5.11 Å². The maximum Gasteiger partial charge on any atom is 0.119 e. The molecule has 0 amide bonds. The Kier molecular flexibility index (Phi) is 4.14. The average molecular weight is 205 g/mol. The highest BCUT2D eigenvalue weighted by Gasteiger charge is 2.15. The van der Waals surface area contributed by atoms with Crippen LogP contribution in [-0.4, -0.2) is 11.7 Å². The lowest BCUT2D eigenvalue weighted by atomic mass is 9.99. The summed E-state index contributed by atoms with van der Waals surface area (Å²) >= 11 is 0. The Balaban J connectivity index is 2.76. The fourth-order valence-electron chi connectivity index (χ4n) is 1.29. The molecule has 0 aliphatic rings. The minimum absolute atomic E-state index is 0.400. The van der Waals surface area contributed by atoms with Crippen molar-refractivity contribution in [3.05, 3.63) is 29.8 Å². The topological polar surface area (TPSA) is 53.2 Å². The summed E-state index contributed by atoms with van der Waals surface area (Å²) in [6.07, 6.45) is -0.731. The predicted molar refractivity (Wildman–Crippen MR) is 57.3 cm³/mol. The van der Waals surface area contributed by atoms with Crippen LogP contribution in [0.5, 0.6) is 5.75 Å². The van der Waals surface area contributed by atoms with Gasteiger partial charge in [0.2, 0.25) is 0 Å². The summed E-state index contributed by atoms with van der Waals surface area (Å²) in [6.45, 7) is 4.23. The molecule has 0 radical (unpaired) electrons. The third kappa shape index (κ3) is 2.97. The van der Waals surface area contributed by atoms with Gasteiger partial charge in [-0.2, -0.15) is 5.26 Å². The summed E-state index contributed by atoms with van der Waals surface area (Å²) in [5.74, 6) is 0.376. The fraction of sp³-hybridized carbons (Fsp3) is 0.417. The summed E-state index contributed by atoms with van der Waals surface area (Å²) in [4.78, 5) is 0. The standard InChI is InChI=1S/C12H15NO2/c1-3-15-11-6-4-10(5-7-11)12(14)9(2)8-13/h4-7,9,12,14H,3H2,1-2H3. The lowest BCUT2D eigenvalue weighted by Crippen LogP contribution is -2.06. The van der Waals surface area contributed by atoms with Gasteiger partial charge in [-0.3, -0.25) is 0 Å². The first kappa shape index (κ1) is 11.5. The second kappa shape index (κ2) is 5.38. The van der Waals surface area contributed by atoms with Crippen LogP contribution in [0.25, 0.3) is 0 Å². The zero-order chi connectivity index (χ0) is 11.3. The summed E-state index contributed by atoms with van der Waals surface area (Å²) in [7, 11) is 0. The van der Waals surface area contributed by atoms with Crippen molar-refractivity contribution in [2.24, 2.45) is 5.92 Å². The van der Waals surface area contributed by atoms with Gasteiger partial charge in [-0.1, -0.05) is 12.1 Å². The Morgan fingerprint density at radius 2 is 2.00 bits per heavy atom. The number of hydrogen-bond acceptors (Lipinski definition) is 3. The van der Waals surface area contributed by atoms with Crippen molar-refractivity contribution in [1.82, 2.24) is 0 Å². The molecule has 0 aromatic heterocycles. The zero-order valence-corrected chi connectivity index (χ0v) is 8.97. The van der Waals surface area contributed by atoms with Crippen molar-refractivity contribution in [1.29, 1.82) is 5.26 Å². The van der Waals surface area contributed by atoms with Crippen molar-refractivity contribution in [3.8, 4) is 11.8 Å². The molecule has 0 aliphatic heterocycles. The molecule has 1 N–H and O–H groups in total. The molecule has 2 atom stereocenters. The van der Waals surface area contributed by atoms with Crippen molar-refractivity contribution in [2.75, 3.05) is 6.61 Å². The van der Waals surface area contributed by atoms with Crippen molar-refractivity contribution in [2.45, 2.75) is 20.0 Å². The van der Waals surface area contributed by atoms with Gasteiger partial charge in [-0.05, 0) is 31.5 Å². The molecule has 1 aromatic carbocycles. The smallest absolute Gasteiger partial charge is 0.119 e. The molecule has 0 saturated heterocycles. The number of nitriles is 1. The number of aliphatic hydroxyl groups excluding tert-OH is 1. The Morgan fingerprint density at radius 1 is 1.40 bits per heavy atom. The summed E-state index contributed by atoms with van der Waals surface area (Å²) in [5, 5.41) is 18.4. The van der Waals surface area contributed by atoms with Gasteiger partial charge in [0, 0.05) is 0 Å². The molecular weight excluding hydrogens is 190 g/mol. The van der Waals surface area contributed by atoms with Crippen molar-refractivity contribution < 1.29 is 9.84 Å². The van der Waals surface area contributed by atoms with Crippen LogP contribution in [0, 0.1) is 17.2 Å². The normalized spacial score (nSPS) is 14.0. The van der Waals surface area contributed by atoms with Gasteiger partial charge >= 0.3 is 0 Å². The van der Waals surface area contributed by atoms with Crippen LogP contribution in [0.15, 0.2) is 24.3 Å².